The van der Waals surface area contributed by atoms with Gasteiger partial charge in [0.2, 0.25) is 0 Å². The third-order valence-electron chi connectivity index (χ3n) is 3.99. The Hall–Kier alpha value is -1.29. The van der Waals surface area contributed by atoms with Crippen LogP contribution >= 0.6 is 22.9 Å². The third-order valence-corrected chi connectivity index (χ3v) is 5.09. The number of benzene rings is 1. The van der Waals surface area contributed by atoms with Gasteiger partial charge in [0.25, 0.3) is 0 Å². The first-order chi connectivity index (χ1) is 10.3. The van der Waals surface area contributed by atoms with Gasteiger partial charge in [-0.1, -0.05) is 23.7 Å². The van der Waals surface area contributed by atoms with E-state index in [-0.39, 0.29) is 0 Å². The molecular weight excluding hydrogens is 300 g/mol. The first-order valence-corrected chi connectivity index (χ1v) is 8.58. The summed E-state index contributed by atoms with van der Waals surface area (Å²) in [5.41, 5.74) is 2.59. The quantitative estimate of drug-likeness (QED) is 0.724. The van der Waals surface area contributed by atoms with Gasteiger partial charge in [0.05, 0.1) is 12.1 Å². The molecule has 0 spiro atoms. The van der Waals surface area contributed by atoms with Crippen LogP contribution in [-0.4, -0.2) is 10.6 Å². The second kappa shape index (κ2) is 5.48. The van der Waals surface area contributed by atoms with Gasteiger partial charge in [0, 0.05) is 34.1 Å². The fourth-order valence-electron chi connectivity index (χ4n) is 2.73. The standard InChI is InChI=1S/C17H17ClN2S/c18-13-3-6-16-12(9-19-14-4-5-14)10-20(17(16)8-13)11-15-2-1-7-21-15/h1-3,6-8,10,14,19H,4-5,9,11H2. The van der Waals surface area contributed by atoms with Crippen LogP contribution in [0.5, 0.6) is 0 Å². The maximum Gasteiger partial charge on any atom is 0.0569 e. The first-order valence-electron chi connectivity index (χ1n) is 7.32. The molecule has 1 N–H and O–H groups in total. The molecule has 0 aliphatic heterocycles. The molecule has 0 amide bonds. The summed E-state index contributed by atoms with van der Waals surface area (Å²) in [6.45, 7) is 1.86. The summed E-state index contributed by atoms with van der Waals surface area (Å²) in [7, 11) is 0. The van der Waals surface area contributed by atoms with Crippen LogP contribution in [0.2, 0.25) is 5.02 Å². The number of nitrogens with one attached hydrogen (secondary N) is 1. The number of rotatable bonds is 5. The molecule has 1 fully saturated rings. The molecule has 0 radical (unpaired) electrons. The van der Waals surface area contributed by atoms with Crippen molar-refractivity contribution in [2.75, 3.05) is 0 Å². The molecule has 0 saturated heterocycles. The Morgan fingerprint density at radius 3 is 2.95 bits per heavy atom. The minimum atomic E-state index is 0.730. The normalized spacial score (nSPS) is 14.9. The van der Waals surface area contributed by atoms with Crippen LogP contribution in [0.25, 0.3) is 10.9 Å². The van der Waals surface area contributed by atoms with Gasteiger partial charge >= 0.3 is 0 Å². The number of nitrogens with zero attached hydrogens (tertiary/aromatic N) is 1. The summed E-state index contributed by atoms with van der Waals surface area (Å²) in [6.07, 6.45) is 4.91. The largest absolute Gasteiger partial charge is 0.342 e. The van der Waals surface area contributed by atoms with Crippen molar-refractivity contribution >= 4 is 33.8 Å². The minimum Gasteiger partial charge on any atom is -0.342 e. The van der Waals surface area contributed by atoms with E-state index in [0.29, 0.717) is 0 Å². The Labute approximate surface area is 133 Å². The lowest BCUT2D eigenvalue weighted by Crippen LogP contribution is -2.14. The summed E-state index contributed by atoms with van der Waals surface area (Å²) >= 11 is 7.99. The molecule has 108 valence electrons. The van der Waals surface area contributed by atoms with Crippen molar-refractivity contribution in [1.29, 1.82) is 0 Å². The van der Waals surface area contributed by atoms with Crippen molar-refractivity contribution in [3.8, 4) is 0 Å². The van der Waals surface area contributed by atoms with Crippen LogP contribution in [-0.2, 0) is 13.1 Å². The van der Waals surface area contributed by atoms with Gasteiger partial charge in [-0.3, -0.25) is 0 Å². The van der Waals surface area contributed by atoms with E-state index in [1.807, 2.05) is 6.07 Å². The zero-order valence-corrected chi connectivity index (χ0v) is 13.3. The van der Waals surface area contributed by atoms with Crippen LogP contribution < -0.4 is 5.32 Å². The highest BCUT2D eigenvalue weighted by molar-refractivity contribution is 7.09. The highest BCUT2D eigenvalue weighted by Gasteiger charge is 2.21. The topological polar surface area (TPSA) is 17.0 Å². The number of hydrogen-bond acceptors (Lipinski definition) is 2. The van der Waals surface area contributed by atoms with Crippen LogP contribution in [0.3, 0.4) is 0 Å². The van der Waals surface area contributed by atoms with Crippen molar-refractivity contribution in [2.24, 2.45) is 0 Å². The Morgan fingerprint density at radius 1 is 1.29 bits per heavy atom. The molecule has 0 unspecified atom stereocenters. The Morgan fingerprint density at radius 2 is 2.19 bits per heavy atom. The van der Waals surface area contributed by atoms with Gasteiger partial charge in [-0.25, -0.2) is 0 Å². The molecule has 2 aromatic heterocycles. The van der Waals surface area contributed by atoms with E-state index in [0.717, 1.165) is 24.2 Å². The SMILES string of the molecule is Clc1ccc2c(CNC3CC3)cn(Cc3cccs3)c2c1. The molecule has 4 rings (SSSR count). The molecule has 4 heteroatoms. The molecule has 21 heavy (non-hydrogen) atoms. The Balaban J connectivity index is 1.71. The van der Waals surface area contributed by atoms with E-state index in [1.54, 1.807) is 11.3 Å². The average Bonchev–Trinajstić information content (AvgIpc) is 3.06. The van der Waals surface area contributed by atoms with Crippen LogP contribution in [0.1, 0.15) is 23.3 Å². The molecule has 2 heterocycles. The van der Waals surface area contributed by atoms with Crippen molar-refractivity contribution < 1.29 is 0 Å². The van der Waals surface area contributed by atoms with Gasteiger partial charge in [-0.05, 0) is 42.0 Å². The van der Waals surface area contributed by atoms with Gasteiger partial charge in [-0.15, -0.1) is 11.3 Å². The molecule has 1 aliphatic carbocycles. The molecule has 1 aliphatic rings. The number of halogens is 1. The van der Waals surface area contributed by atoms with E-state index in [1.165, 1.54) is 34.2 Å². The number of aromatic nitrogens is 1. The maximum atomic E-state index is 6.19. The zero-order chi connectivity index (χ0) is 14.2. The third kappa shape index (κ3) is 2.86. The first kappa shape index (κ1) is 13.4. The molecule has 1 saturated carbocycles. The lowest BCUT2D eigenvalue weighted by Gasteiger charge is -2.03. The highest BCUT2D eigenvalue weighted by atomic mass is 35.5. The average molecular weight is 317 g/mol. The van der Waals surface area contributed by atoms with Crippen molar-refractivity contribution in [2.45, 2.75) is 32.0 Å². The summed E-state index contributed by atoms with van der Waals surface area (Å²) < 4.78 is 2.32. The van der Waals surface area contributed by atoms with E-state index >= 15 is 0 Å². The summed E-state index contributed by atoms with van der Waals surface area (Å²) in [4.78, 5) is 1.37. The highest BCUT2D eigenvalue weighted by Crippen LogP contribution is 2.27. The smallest absolute Gasteiger partial charge is 0.0569 e. The lowest BCUT2D eigenvalue weighted by atomic mass is 10.2. The summed E-state index contributed by atoms with van der Waals surface area (Å²) in [6, 6.07) is 11.2. The molecule has 0 atom stereocenters. The second-order valence-electron chi connectivity index (χ2n) is 5.68. The fourth-order valence-corrected chi connectivity index (χ4v) is 3.59. The number of hydrogen-bond donors (Lipinski definition) is 1. The summed E-state index contributed by atoms with van der Waals surface area (Å²) in [5.74, 6) is 0. The zero-order valence-electron chi connectivity index (χ0n) is 11.7. The number of thiophene rings is 1. The van der Waals surface area contributed by atoms with Crippen molar-refractivity contribution in [3.05, 3.63) is 57.4 Å². The predicted molar refractivity (Wildman–Crippen MR) is 90.2 cm³/mol. The fraction of sp³-hybridized carbons (Fsp3) is 0.294. The van der Waals surface area contributed by atoms with E-state index in [4.69, 9.17) is 11.6 Å². The maximum absolute atomic E-state index is 6.19. The second-order valence-corrected chi connectivity index (χ2v) is 7.15. The predicted octanol–water partition coefficient (Wildman–Crippen LogP) is 4.66. The van der Waals surface area contributed by atoms with Crippen molar-refractivity contribution in [3.63, 3.8) is 0 Å². The number of fused-ring (bicyclic) bond motifs is 1. The van der Waals surface area contributed by atoms with Crippen LogP contribution in [0, 0.1) is 0 Å². The van der Waals surface area contributed by atoms with Crippen molar-refractivity contribution in [1.82, 2.24) is 9.88 Å². The van der Waals surface area contributed by atoms with Crippen LogP contribution in [0.15, 0.2) is 41.9 Å². The molecule has 0 bridgehead atoms. The van der Waals surface area contributed by atoms with E-state index < -0.39 is 0 Å². The minimum absolute atomic E-state index is 0.730. The van der Waals surface area contributed by atoms with E-state index in [2.05, 4.69) is 45.7 Å². The molecule has 3 aromatic rings. The molecule has 2 nitrogen and oxygen atoms in total. The Kier molecular flexibility index (Phi) is 3.49. The van der Waals surface area contributed by atoms with Gasteiger partial charge in [-0.2, -0.15) is 0 Å². The lowest BCUT2D eigenvalue weighted by molar-refractivity contribution is 0.687. The monoisotopic (exact) mass is 316 g/mol. The van der Waals surface area contributed by atoms with Crippen LogP contribution in [0.4, 0.5) is 0 Å². The molecule has 1 aromatic carbocycles. The summed E-state index contributed by atoms with van der Waals surface area (Å²) in [5, 5.41) is 7.85. The van der Waals surface area contributed by atoms with E-state index in [9.17, 15) is 0 Å². The van der Waals surface area contributed by atoms with Gasteiger partial charge < -0.3 is 9.88 Å². The van der Waals surface area contributed by atoms with Gasteiger partial charge in [0.1, 0.15) is 0 Å². The Bertz CT molecular complexity index is 757. The van der Waals surface area contributed by atoms with Gasteiger partial charge in [0.15, 0.2) is 0 Å². The molecular formula is C17H17ClN2S.